The molecule has 1 heterocycles. The number of aryl methyl sites for hydroxylation is 1. The molecule has 2 rings (SSSR count). The summed E-state index contributed by atoms with van der Waals surface area (Å²) < 4.78 is 27.2. The van der Waals surface area contributed by atoms with E-state index in [9.17, 15) is 8.42 Å². The quantitative estimate of drug-likeness (QED) is 0.746. The van der Waals surface area contributed by atoms with Crippen molar-refractivity contribution in [2.75, 3.05) is 20.1 Å². The molecule has 0 aliphatic heterocycles. The Bertz CT molecular complexity index is 580. The molecule has 4 nitrogen and oxygen atoms in total. The maximum absolute atomic E-state index is 12.6. The molecule has 2 atom stereocenters. The molecule has 0 spiro atoms. The van der Waals surface area contributed by atoms with Gasteiger partial charge in [-0.1, -0.05) is 13.8 Å². The summed E-state index contributed by atoms with van der Waals surface area (Å²) in [4.78, 5) is 1.12. The zero-order valence-electron chi connectivity index (χ0n) is 13.3. The summed E-state index contributed by atoms with van der Waals surface area (Å²) in [6, 6.07) is 1.82. The Balaban J connectivity index is 2.07. The smallest absolute Gasteiger partial charge is 0.252 e. The second kappa shape index (κ2) is 6.77. The minimum atomic E-state index is -3.33. The van der Waals surface area contributed by atoms with Crippen LogP contribution in [0.5, 0.6) is 0 Å². The lowest BCUT2D eigenvalue weighted by atomic mass is 10.3. The van der Waals surface area contributed by atoms with E-state index in [4.69, 9.17) is 0 Å². The van der Waals surface area contributed by atoms with Crippen LogP contribution in [-0.2, 0) is 16.6 Å². The molecule has 1 fully saturated rings. The van der Waals surface area contributed by atoms with E-state index in [-0.39, 0.29) is 0 Å². The Kier molecular flexibility index (Phi) is 5.46. The molecule has 1 aliphatic rings. The number of hydrogen-bond donors (Lipinski definition) is 1. The van der Waals surface area contributed by atoms with Crippen molar-refractivity contribution < 1.29 is 8.42 Å². The molecule has 0 saturated heterocycles. The first-order chi connectivity index (χ1) is 9.86. The summed E-state index contributed by atoms with van der Waals surface area (Å²) >= 11 is 1.40. The summed E-state index contributed by atoms with van der Waals surface area (Å²) in [6.45, 7) is 8.64. The van der Waals surface area contributed by atoms with Gasteiger partial charge in [0.2, 0.25) is 0 Å². The fourth-order valence-electron chi connectivity index (χ4n) is 2.41. The average molecular weight is 331 g/mol. The van der Waals surface area contributed by atoms with E-state index >= 15 is 0 Å². The molecule has 2 unspecified atom stereocenters. The third kappa shape index (κ3) is 4.06. The Labute approximate surface area is 132 Å². The van der Waals surface area contributed by atoms with Crippen molar-refractivity contribution in [3.8, 4) is 0 Å². The van der Waals surface area contributed by atoms with Crippen molar-refractivity contribution in [1.82, 2.24) is 9.62 Å². The summed E-state index contributed by atoms with van der Waals surface area (Å²) in [7, 11) is -1.63. The average Bonchev–Trinajstić information content (AvgIpc) is 2.96. The van der Waals surface area contributed by atoms with Crippen LogP contribution in [0.15, 0.2) is 10.3 Å². The van der Waals surface area contributed by atoms with Gasteiger partial charge in [0.15, 0.2) is 0 Å². The normalized spacial score (nSPS) is 22.0. The van der Waals surface area contributed by atoms with Crippen molar-refractivity contribution >= 4 is 21.4 Å². The molecule has 1 aromatic rings. The third-order valence-electron chi connectivity index (χ3n) is 4.14. The number of nitrogens with zero attached hydrogens (tertiary/aromatic N) is 1. The summed E-state index contributed by atoms with van der Waals surface area (Å²) in [5.41, 5.74) is 1.07. The van der Waals surface area contributed by atoms with E-state index in [0.717, 1.165) is 36.4 Å². The van der Waals surface area contributed by atoms with Gasteiger partial charge in [-0.05, 0) is 49.8 Å². The van der Waals surface area contributed by atoms with Gasteiger partial charge >= 0.3 is 0 Å². The molecule has 1 aromatic heterocycles. The minimum absolute atomic E-state index is 0.476. The molecular weight excluding hydrogens is 304 g/mol. The predicted octanol–water partition coefficient (Wildman–Crippen LogP) is 2.83. The molecule has 1 aliphatic carbocycles. The summed E-state index contributed by atoms with van der Waals surface area (Å²) in [6.07, 6.45) is 2.23. The Morgan fingerprint density at radius 3 is 2.71 bits per heavy atom. The van der Waals surface area contributed by atoms with Gasteiger partial charge in [-0.15, -0.1) is 11.3 Å². The lowest BCUT2D eigenvalue weighted by Gasteiger charge is -2.15. The van der Waals surface area contributed by atoms with Crippen LogP contribution in [-0.4, -0.2) is 32.9 Å². The molecular formula is C15H26N2O2S2. The van der Waals surface area contributed by atoms with Gasteiger partial charge in [0.05, 0.1) is 0 Å². The zero-order valence-corrected chi connectivity index (χ0v) is 15.0. The molecule has 1 N–H and O–H groups in total. The van der Waals surface area contributed by atoms with Gasteiger partial charge < -0.3 is 5.32 Å². The highest BCUT2D eigenvalue weighted by molar-refractivity contribution is 7.91. The molecule has 120 valence electrons. The molecule has 1 saturated carbocycles. The molecule has 0 amide bonds. The largest absolute Gasteiger partial charge is 0.312 e. The van der Waals surface area contributed by atoms with Gasteiger partial charge in [-0.2, -0.15) is 4.31 Å². The molecule has 6 heteroatoms. The fourth-order valence-corrected chi connectivity index (χ4v) is 5.40. The highest BCUT2D eigenvalue weighted by Gasteiger charge is 2.36. The van der Waals surface area contributed by atoms with Crippen LogP contribution < -0.4 is 5.32 Å². The van der Waals surface area contributed by atoms with Crippen molar-refractivity contribution in [1.29, 1.82) is 0 Å². The lowest BCUT2D eigenvalue weighted by Crippen LogP contribution is -2.28. The molecule has 21 heavy (non-hydrogen) atoms. The van der Waals surface area contributed by atoms with Crippen LogP contribution in [0.25, 0.3) is 0 Å². The van der Waals surface area contributed by atoms with E-state index in [1.54, 1.807) is 7.05 Å². The van der Waals surface area contributed by atoms with Crippen molar-refractivity contribution in [3.63, 3.8) is 0 Å². The van der Waals surface area contributed by atoms with Gasteiger partial charge in [0, 0.05) is 25.0 Å². The van der Waals surface area contributed by atoms with E-state index < -0.39 is 10.0 Å². The zero-order chi connectivity index (χ0) is 15.6. The molecule has 0 bridgehead atoms. The lowest BCUT2D eigenvalue weighted by molar-refractivity contribution is 0.446. The molecule has 0 aromatic carbocycles. The van der Waals surface area contributed by atoms with E-state index in [1.165, 1.54) is 15.6 Å². The van der Waals surface area contributed by atoms with Crippen LogP contribution >= 0.6 is 11.3 Å². The second-order valence-corrected chi connectivity index (χ2v) is 9.52. The maximum Gasteiger partial charge on any atom is 0.252 e. The van der Waals surface area contributed by atoms with Gasteiger partial charge in [0.25, 0.3) is 10.0 Å². The first kappa shape index (κ1) is 16.9. The Hall–Kier alpha value is -0.430. The minimum Gasteiger partial charge on any atom is -0.312 e. The first-order valence-electron chi connectivity index (χ1n) is 7.62. The third-order valence-corrected chi connectivity index (χ3v) is 7.65. The monoisotopic (exact) mass is 330 g/mol. The Morgan fingerprint density at radius 2 is 2.14 bits per heavy atom. The van der Waals surface area contributed by atoms with Crippen LogP contribution in [0, 0.1) is 18.8 Å². The van der Waals surface area contributed by atoms with Crippen LogP contribution in [0.3, 0.4) is 0 Å². The van der Waals surface area contributed by atoms with Crippen molar-refractivity contribution in [3.05, 3.63) is 16.5 Å². The van der Waals surface area contributed by atoms with Gasteiger partial charge in [-0.25, -0.2) is 8.42 Å². The number of rotatable bonds is 8. The van der Waals surface area contributed by atoms with Crippen LogP contribution in [0.4, 0.5) is 0 Å². The van der Waals surface area contributed by atoms with Crippen molar-refractivity contribution in [2.24, 2.45) is 11.8 Å². The predicted molar refractivity (Wildman–Crippen MR) is 88.1 cm³/mol. The van der Waals surface area contributed by atoms with E-state index in [2.05, 4.69) is 19.2 Å². The van der Waals surface area contributed by atoms with Gasteiger partial charge in [0.1, 0.15) is 4.21 Å². The second-order valence-electron chi connectivity index (χ2n) is 6.11. The van der Waals surface area contributed by atoms with E-state index in [0.29, 0.717) is 22.6 Å². The maximum atomic E-state index is 12.6. The number of sulfonamides is 1. The summed E-state index contributed by atoms with van der Waals surface area (Å²) in [5.74, 6) is 1.21. The highest BCUT2D eigenvalue weighted by atomic mass is 32.2. The first-order valence-corrected chi connectivity index (χ1v) is 9.88. The summed E-state index contributed by atoms with van der Waals surface area (Å²) in [5, 5.41) is 3.34. The fraction of sp³-hybridized carbons (Fsp3) is 0.733. The van der Waals surface area contributed by atoms with Crippen molar-refractivity contribution in [2.45, 2.75) is 44.4 Å². The van der Waals surface area contributed by atoms with Gasteiger partial charge in [-0.3, -0.25) is 0 Å². The van der Waals surface area contributed by atoms with E-state index in [1.807, 2.05) is 13.0 Å². The van der Waals surface area contributed by atoms with Crippen LogP contribution in [0.2, 0.25) is 0 Å². The number of hydrogen-bond acceptors (Lipinski definition) is 4. The van der Waals surface area contributed by atoms with Crippen LogP contribution in [0.1, 0.15) is 37.1 Å². The Morgan fingerprint density at radius 1 is 1.48 bits per heavy atom. The number of nitrogens with one attached hydrogen (secondary N) is 1. The highest BCUT2D eigenvalue weighted by Crippen LogP contribution is 2.39. The number of thiophene rings is 1. The SMILES string of the molecule is CCCNCc1sc(S(=O)(=O)N(C)CC2CC2C)cc1C. The topological polar surface area (TPSA) is 49.4 Å². The molecule has 0 radical (unpaired) electrons. The standard InChI is InChI=1S/C15H26N2O2S2/c1-5-6-16-9-14-12(3)8-15(20-14)21(18,19)17(4)10-13-7-11(13)2/h8,11,13,16H,5-7,9-10H2,1-4H3.